The maximum absolute atomic E-state index is 15.0. The number of amides is 3. The van der Waals surface area contributed by atoms with E-state index in [0.717, 1.165) is 17.4 Å². The van der Waals surface area contributed by atoms with E-state index in [9.17, 15) is 23.2 Å². The molecule has 4 N–H and O–H groups in total. The van der Waals surface area contributed by atoms with E-state index >= 15 is 0 Å². The first-order valence-electron chi connectivity index (χ1n) is 15.8. The molecule has 2 saturated heterocycles. The zero-order chi connectivity index (χ0) is 34.7. The maximum Gasteiger partial charge on any atom is 0.257 e. The first-order valence-corrected chi connectivity index (χ1v) is 16.2. The van der Waals surface area contributed by atoms with Crippen LogP contribution in [0.25, 0.3) is 10.9 Å². The molecule has 4 atom stereocenters. The molecule has 2 aliphatic heterocycles. The van der Waals surface area contributed by atoms with Crippen LogP contribution in [0.3, 0.4) is 0 Å². The topological polar surface area (TPSA) is 147 Å². The van der Waals surface area contributed by atoms with E-state index in [1.807, 2.05) is 0 Å². The van der Waals surface area contributed by atoms with Crippen LogP contribution in [0, 0.1) is 17.0 Å². The van der Waals surface area contributed by atoms with Crippen molar-refractivity contribution >= 4 is 57.4 Å². The molecule has 12 nitrogen and oxygen atoms in total. The Bertz CT molecular complexity index is 1690. The van der Waals surface area contributed by atoms with E-state index in [1.165, 1.54) is 18.5 Å². The first-order chi connectivity index (χ1) is 22.8. The number of ether oxygens (including phenoxy) is 2. The van der Waals surface area contributed by atoms with Crippen molar-refractivity contribution < 1.29 is 32.6 Å². The standard InChI is InChI=1S/C33H40ClF2N7O5/c1-17(37-5)30(44)42-28(33(2,3)4)32(46)43(31(45)22-7-6-11-38-22)24-13-19-23(14-25(24)48-18-10-12-47-15-18)39-16-40-29(19)41-21-9-8-20(35)26(34)27(21)36/h8-9,13-14,16-18,22,28,37-38H,6-7,10-12,15H2,1-5H3,(H,42,44)(H,39,40,41)/t17-,18-,22-,28+/m0/s1. The number of anilines is 3. The predicted octanol–water partition coefficient (Wildman–Crippen LogP) is 4.22. The number of hydrogen-bond donors (Lipinski definition) is 4. The van der Waals surface area contributed by atoms with Crippen LogP contribution in [0.4, 0.5) is 26.0 Å². The van der Waals surface area contributed by atoms with Gasteiger partial charge >= 0.3 is 0 Å². The van der Waals surface area contributed by atoms with E-state index in [1.54, 1.807) is 40.8 Å². The molecule has 2 aromatic carbocycles. The molecule has 15 heteroatoms. The van der Waals surface area contributed by atoms with Crippen LogP contribution in [-0.4, -0.2) is 78.7 Å². The summed E-state index contributed by atoms with van der Waals surface area (Å²) in [4.78, 5) is 52.0. The van der Waals surface area contributed by atoms with Crippen molar-refractivity contribution in [2.75, 3.05) is 37.0 Å². The van der Waals surface area contributed by atoms with Crippen molar-refractivity contribution in [1.82, 2.24) is 25.9 Å². The fourth-order valence-electron chi connectivity index (χ4n) is 5.55. The highest BCUT2D eigenvalue weighted by atomic mass is 35.5. The number of rotatable bonds is 10. The summed E-state index contributed by atoms with van der Waals surface area (Å²) < 4.78 is 40.8. The summed E-state index contributed by atoms with van der Waals surface area (Å²) >= 11 is 5.83. The number of nitrogens with zero attached hydrogens (tertiary/aromatic N) is 3. The number of imide groups is 1. The number of likely N-dealkylation sites (N-methyl/N-ethyl adjacent to an activating group) is 1. The lowest BCUT2D eigenvalue weighted by atomic mass is 9.85. The van der Waals surface area contributed by atoms with E-state index in [0.29, 0.717) is 43.5 Å². The van der Waals surface area contributed by atoms with Gasteiger partial charge in [0, 0.05) is 17.9 Å². The van der Waals surface area contributed by atoms with Crippen LogP contribution in [0.2, 0.25) is 5.02 Å². The lowest BCUT2D eigenvalue weighted by molar-refractivity contribution is -0.134. The van der Waals surface area contributed by atoms with Gasteiger partial charge in [0.15, 0.2) is 5.82 Å². The van der Waals surface area contributed by atoms with Crippen LogP contribution >= 0.6 is 11.6 Å². The van der Waals surface area contributed by atoms with Crippen molar-refractivity contribution in [3.8, 4) is 5.75 Å². The van der Waals surface area contributed by atoms with Crippen LogP contribution in [0.1, 0.15) is 47.0 Å². The van der Waals surface area contributed by atoms with Gasteiger partial charge in [0.2, 0.25) is 5.91 Å². The second kappa shape index (κ2) is 14.6. The van der Waals surface area contributed by atoms with Crippen LogP contribution in [0.5, 0.6) is 5.75 Å². The number of aromatic nitrogens is 2. The molecule has 0 spiro atoms. The molecule has 0 bridgehead atoms. The number of carbonyl (C=O) groups excluding carboxylic acids is 3. The van der Waals surface area contributed by atoms with Crippen molar-refractivity contribution in [1.29, 1.82) is 0 Å². The third-order valence-corrected chi connectivity index (χ3v) is 8.80. The van der Waals surface area contributed by atoms with Crippen molar-refractivity contribution in [2.24, 2.45) is 5.41 Å². The van der Waals surface area contributed by atoms with Crippen LogP contribution < -0.4 is 30.9 Å². The summed E-state index contributed by atoms with van der Waals surface area (Å²) in [5.74, 6) is -3.30. The molecule has 1 aromatic heterocycles. The molecule has 0 unspecified atom stereocenters. The smallest absolute Gasteiger partial charge is 0.257 e. The molecular formula is C33H40ClF2N7O5. The Morgan fingerprint density at radius 2 is 1.94 bits per heavy atom. The highest BCUT2D eigenvalue weighted by Gasteiger charge is 2.42. The Morgan fingerprint density at radius 3 is 2.58 bits per heavy atom. The molecule has 3 amide bonds. The Labute approximate surface area is 282 Å². The van der Waals surface area contributed by atoms with Gasteiger partial charge in [-0.3, -0.25) is 14.4 Å². The SMILES string of the molecule is CN[C@@H](C)C(=O)N[C@H](C(=O)N(C(=O)[C@@H]1CCCN1)c1cc2c(Nc3ccc(F)c(Cl)c3F)ncnc2cc1O[C@H]1CCOC1)C(C)(C)C. The van der Waals surface area contributed by atoms with Gasteiger partial charge < -0.3 is 30.7 Å². The molecule has 0 saturated carbocycles. The lowest BCUT2D eigenvalue weighted by Gasteiger charge is -2.36. The highest BCUT2D eigenvalue weighted by molar-refractivity contribution is 6.31. The second-order valence-corrected chi connectivity index (χ2v) is 13.4. The molecule has 0 radical (unpaired) electrons. The molecule has 258 valence electrons. The largest absolute Gasteiger partial charge is 0.486 e. The van der Waals surface area contributed by atoms with Gasteiger partial charge in [-0.25, -0.2) is 23.6 Å². The molecule has 0 aliphatic carbocycles. The van der Waals surface area contributed by atoms with Crippen LogP contribution in [-0.2, 0) is 19.1 Å². The average Bonchev–Trinajstić information content (AvgIpc) is 3.78. The number of benzene rings is 2. The van der Waals surface area contributed by atoms with E-state index in [2.05, 4.69) is 31.2 Å². The number of halogens is 3. The van der Waals surface area contributed by atoms with Gasteiger partial charge in [-0.1, -0.05) is 32.4 Å². The lowest BCUT2D eigenvalue weighted by Crippen LogP contribution is -2.60. The minimum Gasteiger partial charge on any atom is -0.486 e. The summed E-state index contributed by atoms with van der Waals surface area (Å²) in [7, 11) is 1.63. The molecule has 2 fully saturated rings. The highest BCUT2D eigenvalue weighted by Crippen LogP contribution is 2.39. The van der Waals surface area contributed by atoms with Gasteiger partial charge in [0.1, 0.15) is 40.9 Å². The zero-order valence-electron chi connectivity index (χ0n) is 27.5. The summed E-state index contributed by atoms with van der Waals surface area (Å²) in [5.41, 5.74) is -0.548. The van der Waals surface area contributed by atoms with Gasteiger partial charge in [0.05, 0.1) is 42.2 Å². The summed E-state index contributed by atoms with van der Waals surface area (Å²) in [5, 5.41) is 11.3. The first kappa shape index (κ1) is 35.3. The molecule has 3 heterocycles. The third-order valence-electron chi connectivity index (χ3n) is 8.45. The molecule has 48 heavy (non-hydrogen) atoms. The monoisotopic (exact) mass is 687 g/mol. The fourth-order valence-corrected chi connectivity index (χ4v) is 5.71. The van der Waals surface area contributed by atoms with Crippen molar-refractivity contribution in [3.05, 3.63) is 47.2 Å². The van der Waals surface area contributed by atoms with Crippen LogP contribution in [0.15, 0.2) is 30.6 Å². The Kier molecular flexibility index (Phi) is 10.8. The second-order valence-electron chi connectivity index (χ2n) is 13.0. The Morgan fingerprint density at radius 1 is 1.17 bits per heavy atom. The average molecular weight is 688 g/mol. The van der Waals surface area contributed by atoms with E-state index < -0.39 is 57.9 Å². The Balaban J connectivity index is 1.69. The number of nitrogens with one attached hydrogen (secondary N) is 4. The van der Waals surface area contributed by atoms with Gasteiger partial charge in [-0.15, -0.1) is 0 Å². The quantitative estimate of drug-likeness (QED) is 0.229. The summed E-state index contributed by atoms with van der Waals surface area (Å²) in [6.07, 6.45) is 2.68. The third kappa shape index (κ3) is 7.51. The van der Waals surface area contributed by atoms with E-state index in [4.69, 9.17) is 21.1 Å². The van der Waals surface area contributed by atoms with Gasteiger partial charge in [0.25, 0.3) is 11.8 Å². The number of hydrogen-bond acceptors (Lipinski definition) is 10. The normalized spacial score (nSPS) is 19.2. The number of fused-ring (bicyclic) bond motifs is 1. The van der Waals surface area contributed by atoms with Gasteiger partial charge in [-0.2, -0.15) is 0 Å². The summed E-state index contributed by atoms with van der Waals surface area (Å²) in [6.45, 7) is 8.41. The predicted molar refractivity (Wildman–Crippen MR) is 177 cm³/mol. The molecule has 3 aromatic rings. The van der Waals surface area contributed by atoms with Crippen molar-refractivity contribution in [3.63, 3.8) is 0 Å². The molecular weight excluding hydrogens is 648 g/mol. The molecule has 2 aliphatic rings. The zero-order valence-corrected chi connectivity index (χ0v) is 28.2. The maximum atomic E-state index is 15.0. The molecule has 5 rings (SSSR count). The van der Waals surface area contributed by atoms with Crippen molar-refractivity contribution in [2.45, 2.75) is 71.2 Å². The Hall–Kier alpha value is -3.98. The minimum absolute atomic E-state index is 0.0822. The fraction of sp³-hybridized carbons (Fsp3) is 0.485. The van der Waals surface area contributed by atoms with Gasteiger partial charge in [-0.05, 0) is 57.0 Å². The minimum atomic E-state index is -1.13. The van der Waals surface area contributed by atoms with E-state index in [-0.39, 0.29) is 29.0 Å². The summed E-state index contributed by atoms with van der Waals surface area (Å²) in [6, 6.07) is 2.86. The number of carbonyl (C=O) groups is 3.